The fourth-order valence-electron chi connectivity index (χ4n) is 2.67. The maximum absolute atomic E-state index is 12.1. The van der Waals surface area contributed by atoms with E-state index in [0.29, 0.717) is 22.5 Å². The molecule has 1 amide bonds. The number of rotatable bonds is 6. The van der Waals surface area contributed by atoms with Gasteiger partial charge in [0.15, 0.2) is 5.76 Å². The lowest BCUT2D eigenvalue weighted by molar-refractivity contribution is 0.0923. The van der Waals surface area contributed by atoms with Crippen LogP contribution in [0.25, 0.3) is 0 Å². The number of ether oxygens (including phenoxy) is 1. The number of hydrogen-bond donors (Lipinski definition) is 1. The van der Waals surface area contributed by atoms with Crippen molar-refractivity contribution in [3.8, 4) is 5.75 Å². The van der Waals surface area contributed by atoms with Crippen LogP contribution >= 0.6 is 11.6 Å². The van der Waals surface area contributed by atoms with Gasteiger partial charge in [-0.05, 0) is 56.4 Å². The summed E-state index contributed by atoms with van der Waals surface area (Å²) in [4.78, 5) is 12.1. The van der Waals surface area contributed by atoms with Crippen molar-refractivity contribution in [2.24, 2.45) is 11.0 Å². The zero-order valence-corrected chi connectivity index (χ0v) is 15.3. The molecule has 1 aliphatic rings. The Hall–Kier alpha value is -2.53. The highest BCUT2D eigenvalue weighted by atomic mass is 35.5. The van der Waals surface area contributed by atoms with Crippen LogP contribution in [0.15, 0.2) is 57.6 Å². The molecule has 1 aromatic heterocycles. The maximum atomic E-state index is 12.1. The molecule has 1 aliphatic carbocycles. The van der Waals surface area contributed by atoms with Crippen LogP contribution in [-0.2, 0) is 6.61 Å². The van der Waals surface area contributed by atoms with Gasteiger partial charge in [-0.25, -0.2) is 5.43 Å². The fraction of sp³-hybridized carbons (Fsp3) is 0.300. The molecule has 6 heteroatoms. The average molecular weight is 373 g/mol. The second-order valence-corrected chi connectivity index (χ2v) is 6.70. The monoisotopic (exact) mass is 372 g/mol. The van der Waals surface area contributed by atoms with Gasteiger partial charge in [-0.2, -0.15) is 5.10 Å². The summed E-state index contributed by atoms with van der Waals surface area (Å²) < 4.78 is 11.1. The first-order chi connectivity index (χ1) is 12.6. The third kappa shape index (κ3) is 4.99. The Bertz CT molecular complexity index is 826. The van der Waals surface area contributed by atoms with E-state index in [1.807, 2.05) is 12.1 Å². The van der Waals surface area contributed by atoms with E-state index in [2.05, 4.69) is 23.5 Å². The van der Waals surface area contributed by atoms with Crippen LogP contribution in [0.1, 0.15) is 42.5 Å². The first-order valence-electron chi connectivity index (χ1n) is 8.57. The number of carbonyl (C=O) groups is 1. The molecule has 26 heavy (non-hydrogen) atoms. The van der Waals surface area contributed by atoms with Gasteiger partial charge in [0.05, 0.1) is 5.02 Å². The number of hydrazone groups is 1. The number of amides is 1. The molecule has 1 unspecified atom stereocenters. The number of nitrogens with one attached hydrogen (secondary N) is 1. The Morgan fingerprint density at radius 3 is 3.00 bits per heavy atom. The Balaban J connectivity index is 1.49. The SMILES string of the molecule is CC1=CCC(C=NNC(=O)c2ccc(COc3ccccc3Cl)o2)CC1. The summed E-state index contributed by atoms with van der Waals surface area (Å²) in [6.45, 7) is 2.33. The van der Waals surface area contributed by atoms with Crippen LogP contribution in [0.2, 0.25) is 5.02 Å². The van der Waals surface area contributed by atoms with Gasteiger partial charge in [0.25, 0.3) is 0 Å². The molecule has 0 radical (unpaired) electrons. The Labute approximate surface area is 157 Å². The summed E-state index contributed by atoms with van der Waals surface area (Å²) >= 11 is 6.04. The molecule has 1 atom stereocenters. The molecular weight excluding hydrogens is 352 g/mol. The summed E-state index contributed by atoms with van der Waals surface area (Å²) in [5.74, 6) is 1.28. The van der Waals surface area contributed by atoms with Gasteiger partial charge in [0.1, 0.15) is 18.1 Å². The van der Waals surface area contributed by atoms with E-state index >= 15 is 0 Å². The number of allylic oxidation sites excluding steroid dienone is 2. The van der Waals surface area contributed by atoms with Crippen LogP contribution < -0.4 is 10.2 Å². The van der Waals surface area contributed by atoms with Gasteiger partial charge < -0.3 is 9.15 Å². The fourth-order valence-corrected chi connectivity index (χ4v) is 2.86. The van der Waals surface area contributed by atoms with Crippen LogP contribution in [0.5, 0.6) is 5.75 Å². The molecule has 1 aromatic carbocycles. The molecule has 0 bridgehead atoms. The van der Waals surface area contributed by atoms with Crippen molar-refractivity contribution >= 4 is 23.7 Å². The van der Waals surface area contributed by atoms with Gasteiger partial charge >= 0.3 is 5.91 Å². The number of para-hydroxylation sites is 1. The van der Waals surface area contributed by atoms with Crippen molar-refractivity contribution in [2.75, 3.05) is 0 Å². The smallest absolute Gasteiger partial charge is 0.307 e. The Kier molecular flexibility index (Phi) is 6.12. The van der Waals surface area contributed by atoms with Crippen LogP contribution in [0.4, 0.5) is 0 Å². The van der Waals surface area contributed by atoms with Crippen molar-refractivity contribution in [1.29, 1.82) is 0 Å². The molecule has 0 aliphatic heterocycles. The number of hydrogen-bond acceptors (Lipinski definition) is 4. The van der Waals surface area contributed by atoms with E-state index in [9.17, 15) is 4.79 Å². The largest absolute Gasteiger partial charge is 0.484 e. The summed E-state index contributed by atoms with van der Waals surface area (Å²) in [7, 11) is 0. The highest BCUT2D eigenvalue weighted by Gasteiger charge is 2.13. The number of halogens is 1. The molecular formula is C20H21ClN2O3. The van der Waals surface area contributed by atoms with Gasteiger partial charge in [0, 0.05) is 6.21 Å². The normalized spacial score (nSPS) is 17.2. The second-order valence-electron chi connectivity index (χ2n) is 6.29. The van der Waals surface area contributed by atoms with Crippen LogP contribution in [0.3, 0.4) is 0 Å². The van der Waals surface area contributed by atoms with Crippen molar-refractivity contribution in [3.63, 3.8) is 0 Å². The van der Waals surface area contributed by atoms with E-state index in [4.69, 9.17) is 20.8 Å². The van der Waals surface area contributed by atoms with Gasteiger partial charge in [-0.1, -0.05) is 35.4 Å². The number of nitrogens with zero attached hydrogens (tertiary/aromatic N) is 1. The van der Waals surface area contributed by atoms with Crippen LogP contribution in [0, 0.1) is 5.92 Å². The van der Waals surface area contributed by atoms with Gasteiger partial charge in [-0.15, -0.1) is 0 Å². The highest BCUT2D eigenvalue weighted by molar-refractivity contribution is 6.32. The highest BCUT2D eigenvalue weighted by Crippen LogP contribution is 2.24. The Morgan fingerprint density at radius 2 is 2.23 bits per heavy atom. The summed E-state index contributed by atoms with van der Waals surface area (Å²) in [6, 6.07) is 10.5. The van der Waals surface area contributed by atoms with E-state index < -0.39 is 0 Å². The molecule has 2 aromatic rings. The zero-order valence-electron chi connectivity index (χ0n) is 14.6. The molecule has 0 saturated heterocycles. The van der Waals surface area contributed by atoms with Crippen molar-refractivity contribution < 1.29 is 13.9 Å². The molecule has 136 valence electrons. The standard InChI is InChI=1S/C20H21ClN2O3/c1-14-6-8-15(9-7-14)12-22-23-20(24)19-11-10-16(26-19)13-25-18-5-3-2-4-17(18)21/h2-6,10-12,15H,7-9,13H2,1H3,(H,23,24). The first-order valence-corrected chi connectivity index (χ1v) is 8.95. The summed E-state index contributed by atoms with van der Waals surface area (Å²) in [6.07, 6.45) is 7.13. The first kappa shape index (κ1) is 18.3. The molecule has 1 N–H and O–H groups in total. The van der Waals surface area contributed by atoms with Gasteiger partial charge in [-0.3, -0.25) is 4.79 Å². The number of carbonyl (C=O) groups excluding carboxylic acids is 1. The third-order valence-electron chi connectivity index (χ3n) is 4.22. The van der Waals surface area contributed by atoms with Crippen molar-refractivity contribution in [1.82, 2.24) is 5.43 Å². The number of furan rings is 1. The minimum Gasteiger partial charge on any atom is -0.484 e. The quantitative estimate of drug-likeness (QED) is 0.442. The topological polar surface area (TPSA) is 63.8 Å². The van der Waals surface area contributed by atoms with Gasteiger partial charge in [0.2, 0.25) is 0 Å². The van der Waals surface area contributed by atoms with Crippen molar-refractivity contribution in [2.45, 2.75) is 32.8 Å². The lowest BCUT2D eigenvalue weighted by atomic mass is 9.91. The molecule has 0 spiro atoms. The second kappa shape index (κ2) is 8.72. The predicted octanol–water partition coefficient (Wildman–Crippen LogP) is 4.97. The molecule has 5 nitrogen and oxygen atoms in total. The molecule has 1 heterocycles. The van der Waals surface area contributed by atoms with E-state index in [1.54, 1.807) is 30.5 Å². The van der Waals surface area contributed by atoms with Crippen molar-refractivity contribution in [3.05, 3.63) is 64.6 Å². The minimum atomic E-state index is -0.382. The molecule has 0 saturated carbocycles. The third-order valence-corrected chi connectivity index (χ3v) is 4.53. The predicted molar refractivity (Wildman–Crippen MR) is 102 cm³/mol. The van der Waals surface area contributed by atoms with Crippen LogP contribution in [-0.4, -0.2) is 12.1 Å². The summed E-state index contributed by atoms with van der Waals surface area (Å²) in [5.41, 5.74) is 3.93. The lowest BCUT2D eigenvalue weighted by Crippen LogP contribution is -2.18. The van der Waals surface area contributed by atoms with E-state index in [1.165, 1.54) is 5.57 Å². The average Bonchev–Trinajstić information content (AvgIpc) is 3.12. The Morgan fingerprint density at radius 1 is 1.38 bits per heavy atom. The van der Waals surface area contributed by atoms with E-state index in [-0.39, 0.29) is 18.3 Å². The molecule has 0 fully saturated rings. The lowest BCUT2D eigenvalue weighted by Gasteiger charge is -2.15. The number of benzene rings is 1. The van der Waals surface area contributed by atoms with E-state index in [0.717, 1.165) is 19.3 Å². The maximum Gasteiger partial charge on any atom is 0.307 e. The summed E-state index contributed by atoms with van der Waals surface area (Å²) in [5, 5.41) is 4.58. The minimum absolute atomic E-state index is 0.189. The zero-order chi connectivity index (χ0) is 18.4. The molecule has 3 rings (SSSR count).